The van der Waals surface area contributed by atoms with Crippen LogP contribution in [0, 0.1) is 0 Å². The van der Waals surface area contributed by atoms with Gasteiger partial charge in [0.1, 0.15) is 17.3 Å². The van der Waals surface area contributed by atoms with Crippen LogP contribution >= 0.6 is 0 Å². The molecule has 7 nitrogen and oxygen atoms in total. The van der Waals surface area contributed by atoms with E-state index in [-0.39, 0.29) is 23.9 Å². The van der Waals surface area contributed by atoms with Gasteiger partial charge in [0, 0.05) is 41.3 Å². The highest BCUT2D eigenvalue weighted by molar-refractivity contribution is 6.04. The molecule has 2 aliphatic heterocycles. The zero-order valence-electron chi connectivity index (χ0n) is 20.6. The van der Waals surface area contributed by atoms with Crippen LogP contribution in [0.15, 0.2) is 108 Å². The Hall–Kier alpha value is -4.52. The zero-order chi connectivity index (χ0) is 25.9. The summed E-state index contributed by atoms with van der Waals surface area (Å²) in [6.07, 6.45) is 8.51. The maximum atomic E-state index is 13.8. The van der Waals surface area contributed by atoms with Gasteiger partial charge < -0.3 is 24.6 Å². The smallest absolute Gasteiger partial charge is 0.342 e. The maximum absolute atomic E-state index is 13.8. The Morgan fingerprint density at radius 2 is 1.95 bits per heavy atom. The van der Waals surface area contributed by atoms with Crippen LogP contribution in [0.3, 0.4) is 0 Å². The predicted molar refractivity (Wildman–Crippen MR) is 137 cm³/mol. The Bertz CT molecular complexity index is 1410. The van der Waals surface area contributed by atoms with Crippen molar-refractivity contribution in [2.75, 3.05) is 7.11 Å². The molecular formula is C30H27NO6. The lowest BCUT2D eigenvalue weighted by Gasteiger charge is -2.37. The zero-order valence-corrected chi connectivity index (χ0v) is 20.6. The first kappa shape index (κ1) is 24.2. The van der Waals surface area contributed by atoms with Crippen molar-refractivity contribution < 1.29 is 28.9 Å². The van der Waals surface area contributed by atoms with Crippen LogP contribution in [0.1, 0.15) is 42.7 Å². The van der Waals surface area contributed by atoms with E-state index in [1.54, 1.807) is 50.5 Å². The molecule has 5 rings (SSSR count). The molecule has 2 N–H and O–H groups in total. The summed E-state index contributed by atoms with van der Waals surface area (Å²) in [6, 6.07) is 14.4. The molecule has 2 atom stereocenters. The SMILES string of the molecule is COc1ccccc1C1CC(=O)C2=C(C1)NC(C)=C(C(=O)OC1=CC=COC=C1)C2c1cccc(O)c1. The fourth-order valence-electron chi connectivity index (χ4n) is 5.19. The van der Waals surface area contributed by atoms with E-state index < -0.39 is 11.9 Å². The largest absolute Gasteiger partial charge is 0.508 e. The third-order valence-corrected chi connectivity index (χ3v) is 6.77. The van der Waals surface area contributed by atoms with Crippen LogP contribution in [0.4, 0.5) is 0 Å². The molecule has 2 unspecified atom stereocenters. The van der Waals surface area contributed by atoms with Crippen LogP contribution in [-0.4, -0.2) is 24.0 Å². The third kappa shape index (κ3) is 4.80. The molecule has 0 spiro atoms. The highest BCUT2D eigenvalue weighted by Gasteiger charge is 2.42. The number of esters is 1. The molecule has 3 aliphatic rings. The Balaban J connectivity index is 1.56. The van der Waals surface area contributed by atoms with Crippen LogP contribution in [0.25, 0.3) is 0 Å². The number of hydrogen-bond donors (Lipinski definition) is 2. The second-order valence-electron chi connectivity index (χ2n) is 9.08. The number of carbonyl (C=O) groups excluding carboxylic acids is 2. The van der Waals surface area contributed by atoms with Crippen LogP contribution in [-0.2, 0) is 19.1 Å². The van der Waals surface area contributed by atoms with Crippen molar-refractivity contribution in [3.8, 4) is 11.5 Å². The highest BCUT2D eigenvalue weighted by Crippen LogP contribution is 2.47. The van der Waals surface area contributed by atoms with E-state index in [4.69, 9.17) is 14.2 Å². The van der Waals surface area contributed by atoms with E-state index in [0.29, 0.717) is 34.6 Å². The Morgan fingerprint density at radius 3 is 2.76 bits per heavy atom. The first-order chi connectivity index (χ1) is 18.0. The molecule has 37 heavy (non-hydrogen) atoms. The van der Waals surface area contributed by atoms with Gasteiger partial charge in [-0.15, -0.1) is 0 Å². The fourth-order valence-corrected chi connectivity index (χ4v) is 5.19. The van der Waals surface area contributed by atoms with E-state index >= 15 is 0 Å². The fraction of sp³-hybridized carbons (Fsp3) is 0.200. The molecule has 0 radical (unpaired) electrons. The van der Waals surface area contributed by atoms with E-state index in [0.717, 1.165) is 17.0 Å². The second-order valence-corrected chi connectivity index (χ2v) is 9.08. The summed E-state index contributed by atoms with van der Waals surface area (Å²) in [6.45, 7) is 1.80. The molecule has 0 saturated carbocycles. The molecule has 7 heteroatoms. The van der Waals surface area contributed by atoms with Crippen molar-refractivity contribution in [3.63, 3.8) is 0 Å². The lowest BCUT2D eigenvalue weighted by molar-refractivity contribution is -0.135. The van der Waals surface area contributed by atoms with Crippen LogP contribution in [0.2, 0.25) is 0 Å². The number of Topliss-reactive ketones (excluding diaryl/α,β-unsaturated/α-hetero) is 1. The van der Waals surface area contributed by atoms with Gasteiger partial charge in [-0.3, -0.25) is 4.79 Å². The topological polar surface area (TPSA) is 94.1 Å². The number of aromatic hydroxyl groups is 1. The summed E-state index contributed by atoms with van der Waals surface area (Å²) >= 11 is 0. The standard InChI is InChI=1S/C30H27NO6/c1-18-27(30(34)37-22-9-6-13-36-14-12-22)28(19-7-5-8-21(32)15-19)29-24(31-18)16-20(17-25(29)33)23-10-3-4-11-26(23)35-2/h3-15,20,28,31-32H,16-17H2,1-2H3. The number of phenols is 1. The molecule has 0 amide bonds. The van der Waals surface area contributed by atoms with Crippen LogP contribution < -0.4 is 10.1 Å². The van der Waals surface area contributed by atoms with Crippen LogP contribution in [0.5, 0.6) is 11.5 Å². The highest BCUT2D eigenvalue weighted by atomic mass is 16.5. The number of para-hydroxylation sites is 1. The summed E-state index contributed by atoms with van der Waals surface area (Å²) in [7, 11) is 1.62. The van der Waals surface area contributed by atoms with Gasteiger partial charge in [-0.2, -0.15) is 0 Å². The van der Waals surface area contributed by atoms with Crippen molar-refractivity contribution in [1.82, 2.24) is 5.32 Å². The summed E-state index contributed by atoms with van der Waals surface area (Å²) in [5, 5.41) is 13.6. The van der Waals surface area contributed by atoms with Crippen molar-refractivity contribution in [2.45, 2.75) is 31.6 Å². The molecule has 188 valence electrons. The number of allylic oxidation sites excluding steroid dienone is 6. The van der Waals surface area contributed by atoms with Crippen molar-refractivity contribution in [3.05, 3.63) is 119 Å². The van der Waals surface area contributed by atoms with Crippen molar-refractivity contribution >= 4 is 11.8 Å². The lowest BCUT2D eigenvalue weighted by Crippen LogP contribution is -2.36. The average molecular weight is 498 g/mol. The Labute approximate surface area is 215 Å². The Kier molecular flexibility index (Phi) is 6.68. The van der Waals surface area contributed by atoms with E-state index in [1.807, 2.05) is 30.3 Å². The number of nitrogens with one attached hydrogen (secondary N) is 1. The van der Waals surface area contributed by atoms with Gasteiger partial charge in [0.05, 0.1) is 25.2 Å². The number of ketones is 1. The van der Waals surface area contributed by atoms with E-state index in [1.165, 1.54) is 12.5 Å². The molecule has 1 aliphatic carbocycles. The number of carbonyl (C=O) groups is 2. The van der Waals surface area contributed by atoms with Gasteiger partial charge in [0.25, 0.3) is 0 Å². The molecule has 2 aromatic carbocycles. The normalized spacial score (nSPS) is 20.9. The van der Waals surface area contributed by atoms with E-state index in [2.05, 4.69) is 5.32 Å². The number of ether oxygens (including phenoxy) is 3. The molecule has 2 heterocycles. The molecule has 0 bridgehead atoms. The summed E-state index contributed by atoms with van der Waals surface area (Å²) in [4.78, 5) is 27.3. The minimum atomic E-state index is -0.691. The van der Waals surface area contributed by atoms with Gasteiger partial charge in [-0.05, 0) is 54.8 Å². The number of hydrogen-bond acceptors (Lipinski definition) is 7. The molecular weight excluding hydrogens is 470 g/mol. The Morgan fingerprint density at radius 1 is 1.11 bits per heavy atom. The lowest BCUT2D eigenvalue weighted by atomic mass is 9.71. The monoisotopic (exact) mass is 497 g/mol. The molecule has 2 aromatic rings. The minimum Gasteiger partial charge on any atom is -0.508 e. The number of benzene rings is 2. The molecule has 0 fully saturated rings. The van der Waals surface area contributed by atoms with Gasteiger partial charge >= 0.3 is 5.97 Å². The quantitative estimate of drug-likeness (QED) is 0.545. The summed E-state index contributed by atoms with van der Waals surface area (Å²) in [5.74, 6) is -0.325. The van der Waals surface area contributed by atoms with Gasteiger partial charge in [-0.1, -0.05) is 30.3 Å². The summed E-state index contributed by atoms with van der Waals surface area (Å²) < 4.78 is 16.4. The first-order valence-electron chi connectivity index (χ1n) is 12.0. The molecule has 0 aromatic heterocycles. The van der Waals surface area contributed by atoms with Gasteiger partial charge in [0.15, 0.2) is 5.78 Å². The predicted octanol–water partition coefficient (Wildman–Crippen LogP) is 5.25. The first-order valence-corrected chi connectivity index (χ1v) is 12.0. The number of dihydropyridines is 1. The number of methoxy groups -OCH3 is 1. The summed E-state index contributed by atoms with van der Waals surface area (Å²) in [5.41, 5.74) is 3.79. The van der Waals surface area contributed by atoms with E-state index in [9.17, 15) is 14.7 Å². The van der Waals surface area contributed by atoms with Crippen molar-refractivity contribution in [2.24, 2.45) is 0 Å². The third-order valence-electron chi connectivity index (χ3n) is 6.77. The van der Waals surface area contributed by atoms with Crippen molar-refractivity contribution in [1.29, 1.82) is 0 Å². The second kappa shape index (κ2) is 10.2. The maximum Gasteiger partial charge on any atom is 0.342 e. The molecule has 0 saturated heterocycles. The minimum absolute atomic E-state index is 0.0513. The van der Waals surface area contributed by atoms with Gasteiger partial charge in [-0.25, -0.2) is 4.79 Å². The number of phenolic OH excluding ortho intramolecular Hbond substituents is 1. The van der Waals surface area contributed by atoms with Gasteiger partial charge in [0.2, 0.25) is 0 Å². The number of rotatable bonds is 5. The average Bonchev–Trinajstić information content (AvgIpc) is 3.16.